The zero-order chi connectivity index (χ0) is 11.0. The number of carboxylic acid groups (broad SMARTS) is 1. The fourth-order valence-electron chi connectivity index (χ4n) is 1.35. The second kappa shape index (κ2) is 3.55. The summed E-state index contributed by atoms with van der Waals surface area (Å²) in [5, 5.41) is 9.29. The van der Waals surface area contributed by atoms with Crippen LogP contribution in [0.1, 0.15) is 23.2 Å². The maximum absolute atomic E-state index is 10.9. The van der Waals surface area contributed by atoms with Gasteiger partial charge in [-0.25, -0.2) is 9.78 Å². The van der Waals surface area contributed by atoms with Crippen molar-refractivity contribution in [1.29, 1.82) is 0 Å². The van der Waals surface area contributed by atoms with E-state index in [1.807, 2.05) is 6.92 Å². The molecule has 0 saturated heterocycles. The Morgan fingerprint density at radius 3 is 2.93 bits per heavy atom. The largest absolute Gasteiger partial charge is 0.478 e. The fourth-order valence-corrected chi connectivity index (χ4v) is 1.57. The number of hydrogen-bond donors (Lipinski definition) is 1. The first-order chi connectivity index (χ1) is 7.11. The lowest BCUT2D eigenvalue weighted by Gasteiger charge is -1.95. The summed E-state index contributed by atoms with van der Waals surface area (Å²) < 4.78 is 5.31. The average Bonchev–Trinajstić information content (AvgIpc) is 2.58. The molecular formula is C10H8ClNO3. The topological polar surface area (TPSA) is 63.3 Å². The number of aromatic carboxylic acids is 1. The van der Waals surface area contributed by atoms with Crippen LogP contribution in [0.4, 0.5) is 0 Å². The molecule has 0 amide bonds. The summed E-state index contributed by atoms with van der Waals surface area (Å²) in [6.45, 7) is 1.88. The zero-order valence-corrected chi connectivity index (χ0v) is 8.71. The lowest BCUT2D eigenvalue weighted by molar-refractivity contribution is 0.0698. The second-order valence-corrected chi connectivity index (χ2v) is 3.50. The minimum absolute atomic E-state index is 0.0460. The summed E-state index contributed by atoms with van der Waals surface area (Å²) >= 11 is 5.78. The Balaban J connectivity index is 2.77. The summed E-state index contributed by atoms with van der Waals surface area (Å²) in [7, 11) is 0. The summed E-state index contributed by atoms with van der Waals surface area (Å²) in [4.78, 5) is 15.0. The van der Waals surface area contributed by atoms with Crippen molar-refractivity contribution < 1.29 is 14.3 Å². The number of carbonyl (C=O) groups is 1. The average molecular weight is 226 g/mol. The van der Waals surface area contributed by atoms with Crippen LogP contribution in [0.2, 0.25) is 5.02 Å². The van der Waals surface area contributed by atoms with Crippen LogP contribution in [0.5, 0.6) is 0 Å². The fraction of sp³-hybridized carbons (Fsp3) is 0.200. The molecule has 1 aromatic carbocycles. The molecule has 0 bridgehead atoms. The molecule has 0 aliphatic heterocycles. The molecular weight excluding hydrogens is 218 g/mol. The van der Waals surface area contributed by atoms with E-state index in [9.17, 15) is 4.79 Å². The maximum atomic E-state index is 10.9. The zero-order valence-electron chi connectivity index (χ0n) is 7.95. The van der Waals surface area contributed by atoms with Gasteiger partial charge in [0.1, 0.15) is 11.1 Å². The summed E-state index contributed by atoms with van der Waals surface area (Å²) in [5.74, 6) is -0.559. The van der Waals surface area contributed by atoms with Crippen LogP contribution in [-0.2, 0) is 6.42 Å². The number of aromatic nitrogens is 1. The highest BCUT2D eigenvalue weighted by Crippen LogP contribution is 2.25. The van der Waals surface area contributed by atoms with Crippen LogP contribution >= 0.6 is 11.6 Å². The molecule has 2 aromatic rings. The molecule has 1 N–H and O–H groups in total. The number of rotatable bonds is 2. The molecule has 0 atom stereocenters. The summed E-state index contributed by atoms with van der Waals surface area (Å²) in [6.07, 6.45) is 0.616. The van der Waals surface area contributed by atoms with E-state index in [4.69, 9.17) is 21.1 Å². The third-order valence-corrected chi connectivity index (χ3v) is 2.25. The monoisotopic (exact) mass is 225 g/mol. The van der Waals surface area contributed by atoms with Crippen LogP contribution in [0.3, 0.4) is 0 Å². The van der Waals surface area contributed by atoms with Gasteiger partial charge in [-0.05, 0) is 12.1 Å². The molecule has 0 aliphatic carbocycles. The van der Waals surface area contributed by atoms with E-state index in [1.54, 1.807) is 6.07 Å². The Labute approximate surface area is 90.5 Å². The minimum Gasteiger partial charge on any atom is -0.478 e. The molecule has 5 heteroatoms. The molecule has 2 rings (SSSR count). The second-order valence-electron chi connectivity index (χ2n) is 3.07. The lowest BCUT2D eigenvalue weighted by atomic mass is 10.2. The Morgan fingerprint density at radius 2 is 2.33 bits per heavy atom. The van der Waals surface area contributed by atoms with Crippen molar-refractivity contribution in [3.05, 3.63) is 28.6 Å². The van der Waals surface area contributed by atoms with Crippen LogP contribution in [-0.4, -0.2) is 16.1 Å². The van der Waals surface area contributed by atoms with Gasteiger partial charge in [0.2, 0.25) is 0 Å². The molecule has 78 valence electrons. The SMILES string of the molecule is CCc1nc2cc(Cl)cc(C(=O)O)c2o1. The molecule has 0 fully saturated rings. The summed E-state index contributed by atoms with van der Waals surface area (Å²) in [6, 6.07) is 2.95. The first-order valence-corrected chi connectivity index (χ1v) is 4.82. The van der Waals surface area contributed by atoms with Crippen molar-refractivity contribution in [1.82, 2.24) is 4.98 Å². The first kappa shape index (κ1) is 9.98. The Kier molecular flexibility index (Phi) is 2.36. The highest BCUT2D eigenvalue weighted by atomic mass is 35.5. The van der Waals surface area contributed by atoms with Gasteiger partial charge in [0.05, 0.1) is 0 Å². The van der Waals surface area contributed by atoms with Crippen molar-refractivity contribution in [3.63, 3.8) is 0 Å². The number of aryl methyl sites for hydroxylation is 1. The van der Waals surface area contributed by atoms with Crippen molar-refractivity contribution in [2.45, 2.75) is 13.3 Å². The molecule has 1 heterocycles. The smallest absolute Gasteiger partial charge is 0.339 e. The van der Waals surface area contributed by atoms with E-state index >= 15 is 0 Å². The van der Waals surface area contributed by atoms with Gasteiger partial charge in [-0.1, -0.05) is 18.5 Å². The minimum atomic E-state index is -1.07. The van der Waals surface area contributed by atoms with E-state index < -0.39 is 5.97 Å². The molecule has 1 aromatic heterocycles. The van der Waals surface area contributed by atoms with Gasteiger partial charge in [-0.2, -0.15) is 0 Å². The van der Waals surface area contributed by atoms with Gasteiger partial charge >= 0.3 is 5.97 Å². The lowest BCUT2D eigenvalue weighted by Crippen LogP contribution is -1.96. The van der Waals surface area contributed by atoms with Gasteiger partial charge in [0.15, 0.2) is 11.5 Å². The van der Waals surface area contributed by atoms with Crippen LogP contribution in [0, 0.1) is 0 Å². The molecule has 0 radical (unpaired) electrons. The quantitative estimate of drug-likeness (QED) is 0.854. The number of carboxylic acids is 1. The van der Waals surface area contributed by atoms with E-state index in [1.165, 1.54) is 6.07 Å². The van der Waals surface area contributed by atoms with Crippen molar-refractivity contribution in [2.24, 2.45) is 0 Å². The predicted octanol–water partition coefficient (Wildman–Crippen LogP) is 2.74. The van der Waals surface area contributed by atoms with Crippen molar-refractivity contribution in [2.75, 3.05) is 0 Å². The number of halogens is 1. The summed E-state index contributed by atoms with van der Waals surface area (Å²) in [5.41, 5.74) is 0.810. The highest BCUT2D eigenvalue weighted by molar-refractivity contribution is 6.31. The number of benzene rings is 1. The van der Waals surface area contributed by atoms with E-state index in [0.717, 1.165) is 0 Å². The highest BCUT2D eigenvalue weighted by Gasteiger charge is 2.15. The molecule has 0 aliphatic rings. The van der Waals surface area contributed by atoms with Crippen LogP contribution in [0.15, 0.2) is 16.5 Å². The third kappa shape index (κ3) is 1.68. The van der Waals surface area contributed by atoms with Gasteiger partial charge in [-0.15, -0.1) is 0 Å². The standard InChI is InChI=1S/C10H8ClNO3/c1-2-8-12-7-4-5(11)3-6(10(13)14)9(7)15-8/h3-4H,2H2,1H3,(H,13,14). The number of hydrogen-bond acceptors (Lipinski definition) is 3. The van der Waals surface area contributed by atoms with Gasteiger partial charge in [-0.3, -0.25) is 0 Å². The van der Waals surface area contributed by atoms with E-state index in [0.29, 0.717) is 22.9 Å². The van der Waals surface area contributed by atoms with Gasteiger partial charge in [0, 0.05) is 11.4 Å². The molecule has 4 nitrogen and oxygen atoms in total. The molecule has 0 unspecified atom stereocenters. The normalized spacial score (nSPS) is 10.8. The maximum Gasteiger partial charge on any atom is 0.339 e. The Morgan fingerprint density at radius 1 is 1.60 bits per heavy atom. The van der Waals surface area contributed by atoms with Crippen LogP contribution < -0.4 is 0 Å². The number of nitrogens with zero attached hydrogens (tertiary/aromatic N) is 1. The number of oxazole rings is 1. The third-order valence-electron chi connectivity index (χ3n) is 2.03. The van der Waals surface area contributed by atoms with Crippen molar-refractivity contribution in [3.8, 4) is 0 Å². The molecule has 15 heavy (non-hydrogen) atoms. The molecule has 0 saturated carbocycles. The van der Waals surface area contributed by atoms with E-state index in [-0.39, 0.29) is 11.1 Å². The number of fused-ring (bicyclic) bond motifs is 1. The predicted molar refractivity (Wildman–Crippen MR) is 55.4 cm³/mol. The van der Waals surface area contributed by atoms with Gasteiger partial charge < -0.3 is 9.52 Å². The Hall–Kier alpha value is -1.55. The van der Waals surface area contributed by atoms with Gasteiger partial charge in [0.25, 0.3) is 0 Å². The Bertz CT molecular complexity index is 533. The first-order valence-electron chi connectivity index (χ1n) is 4.44. The van der Waals surface area contributed by atoms with Crippen molar-refractivity contribution >= 4 is 28.7 Å². The molecule has 0 spiro atoms. The van der Waals surface area contributed by atoms with E-state index in [2.05, 4.69) is 4.98 Å². The van der Waals surface area contributed by atoms with Crippen LogP contribution in [0.25, 0.3) is 11.1 Å².